The van der Waals surface area contributed by atoms with Crippen LogP contribution >= 0.6 is 0 Å². The summed E-state index contributed by atoms with van der Waals surface area (Å²) in [6.45, 7) is 2.14. The average molecular weight is 200 g/mol. The fourth-order valence-corrected chi connectivity index (χ4v) is 2.53. The lowest BCUT2D eigenvalue weighted by molar-refractivity contribution is 0.0559. The molecule has 0 aromatic rings. The predicted octanol–water partition coefficient (Wildman–Crippen LogP) is -0.195. The fourth-order valence-electron chi connectivity index (χ4n) is 2.53. The number of nitrogens with zero attached hydrogens (tertiary/aromatic N) is 2. The topological polar surface area (TPSA) is 64.0 Å². The Morgan fingerprint density at radius 2 is 2.14 bits per heavy atom. The maximum absolute atomic E-state index is 10.8. The van der Waals surface area contributed by atoms with E-state index in [1.165, 1.54) is 4.90 Å². The number of aliphatic hydroxyl groups is 1. The molecule has 0 bridgehead atoms. The van der Waals surface area contributed by atoms with Gasteiger partial charge in [0.2, 0.25) is 0 Å². The summed E-state index contributed by atoms with van der Waals surface area (Å²) in [5.74, 6) is 0. The lowest BCUT2D eigenvalue weighted by atomic mass is 10.2. The third-order valence-electron chi connectivity index (χ3n) is 3.31. The van der Waals surface area contributed by atoms with Crippen molar-refractivity contribution in [3.05, 3.63) is 0 Å². The number of carbonyl (C=O) groups is 1. The highest BCUT2D eigenvalue weighted by molar-refractivity contribution is 5.65. The van der Waals surface area contributed by atoms with Gasteiger partial charge in [0, 0.05) is 31.7 Å². The Hall–Kier alpha value is -0.810. The first-order chi connectivity index (χ1) is 6.72. The van der Waals surface area contributed by atoms with E-state index in [1.807, 2.05) is 0 Å². The Kier molecular flexibility index (Phi) is 2.60. The number of amides is 1. The summed E-state index contributed by atoms with van der Waals surface area (Å²) < 4.78 is 0. The van der Waals surface area contributed by atoms with Crippen LogP contribution in [0.3, 0.4) is 0 Å². The van der Waals surface area contributed by atoms with E-state index in [-0.39, 0.29) is 12.6 Å². The molecule has 1 amide bonds. The molecule has 2 aliphatic rings. The third-order valence-corrected chi connectivity index (χ3v) is 3.31. The standard InChI is InChI=1S/C9H16N2O3/c12-6-8-2-1-7-5-10(9(13)14)3-4-11(7)8/h7-8,12H,1-6H2,(H,13,14)/t7-,8-/m0/s1. The van der Waals surface area contributed by atoms with Crippen LogP contribution in [-0.4, -0.2) is 64.4 Å². The quantitative estimate of drug-likeness (QED) is 0.615. The summed E-state index contributed by atoms with van der Waals surface area (Å²) in [4.78, 5) is 14.5. The molecule has 2 aliphatic heterocycles. The van der Waals surface area contributed by atoms with Crippen LogP contribution in [0, 0.1) is 0 Å². The van der Waals surface area contributed by atoms with E-state index in [0.717, 1.165) is 19.4 Å². The summed E-state index contributed by atoms with van der Waals surface area (Å²) in [5.41, 5.74) is 0. The van der Waals surface area contributed by atoms with Crippen LogP contribution in [0.4, 0.5) is 4.79 Å². The molecule has 80 valence electrons. The van der Waals surface area contributed by atoms with Crippen LogP contribution in [0.1, 0.15) is 12.8 Å². The smallest absolute Gasteiger partial charge is 0.407 e. The van der Waals surface area contributed by atoms with Gasteiger partial charge in [-0.15, -0.1) is 0 Å². The van der Waals surface area contributed by atoms with E-state index in [4.69, 9.17) is 10.2 Å². The fraction of sp³-hybridized carbons (Fsp3) is 0.889. The first-order valence-corrected chi connectivity index (χ1v) is 5.07. The molecule has 5 heteroatoms. The molecule has 2 N–H and O–H groups in total. The lowest BCUT2D eigenvalue weighted by Crippen LogP contribution is -2.54. The second-order valence-electron chi connectivity index (χ2n) is 4.03. The number of fused-ring (bicyclic) bond motifs is 1. The summed E-state index contributed by atoms with van der Waals surface area (Å²) in [7, 11) is 0. The number of aliphatic hydroxyl groups excluding tert-OH is 1. The molecule has 0 aromatic carbocycles. The van der Waals surface area contributed by atoms with Gasteiger partial charge < -0.3 is 15.1 Å². The number of hydrogen-bond donors (Lipinski definition) is 2. The van der Waals surface area contributed by atoms with Crippen molar-refractivity contribution in [1.82, 2.24) is 9.80 Å². The zero-order valence-electron chi connectivity index (χ0n) is 8.09. The van der Waals surface area contributed by atoms with Crippen LogP contribution in [-0.2, 0) is 0 Å². The monoisotopic (exact) mass is 200 g/mol. The van der Waals surface area contributed by atoms with Crippen molar-refractivity contribution in [1.29, 1.82) is 0 Å². The first-order valence-electron chi connectivity index (χ1n) is 5.07. The Morgan fingerprint density at radius 3 is 2.79 bits per heavy atom. The van der Waals surface area contributed by atoms with E-state index in [9.17, 15) is 4.79 Å². The van der Waals surface area contributed by atoms with Gasteiger partial charge in [-0.25, -0.2) is 4.79 Å². The SMILES string of the molecule is O=C(O)N1CCN2[C@H](CO)CC[C@H]2C1. The number of piperazine rings is 1. The molecule has 0 aromatic heterocycles. The van der Waals surface area contributed by atoms with E-state index in [1.54, 1.807) is 0 Å². The lowest BCUT2D eigenvalue weighted by Gasteiger charge is -2.38. The highest BCUT2D eigenvalue weighted by Crippen LogP contribution is 2.26. The van der Waals surface area contributed by atoms with E-state index >= 15 is 0 Å². The molecule has 0 radical (unpaired) electrons. The molecule has 2 atom stereocenters. The van der Waals surface area contributed by atoms with Crippen molar-refractivity contribution in [2.75, 3.05) is 26.2 Å². The van der Waals surface area contributed by atoms with Crippen molar-refractivity contribution in [3.63, 3.8) is 0 Å². The molecule has 14 heavy (non-hydrogen) atoms. The Morgan fingerprint density at radius 1 is 1.36 bits per heavy atom. The zero-order valence-corrected chi connectivity index (χ0v) is 8.09. The average Bonchev–Trinajstić information content (AvgIpc) is 2.59. The molecular formula is C9H16N2O3. The molecule has 2 rings (SSSR count). The molecular weight excluding hydrogens is 184 g/mol. The van der Waals surface area contributed by atoms with Gasteiger partial charge in [-0.3, -0.25) is 4.90 Å². The zero-order chi connectivity index (χ0) is 10.1. The molecule has 2 fully saturated rings. The van der Waals surface area contributed by atoms with Crippen molar-refractivity contribution >= 4 is 6.09 Å². The molecule has 2 saturated heterocycles. The van der Waals surface area contributed by atoms with Crippen molar-refractivity contribution in [3.8, 4) is 0 Å². The highest BCUT2D eigenvalue weighted by atomic mass is 16.4. The Bertz CT molecular complexity index is 234. The van der Waals surface area contributed by atoms with E-state index < -0.39 is 6.09 Å². The van der Waals surface area contributed by atoms with Gasteiger partial charge in [-0.1, -0.05) is 0 Å². The molecule has 0 spiro atoms. The number of rotatable bonds is 1. The van der Waals surface area contributed by atoms with Crippen LogP contribution in [0.25, 0.3) is 0 Å². The minimum Gasteiger partial charge on any atom is -0.465 e. The minimum absolute atomic E-state index is 0.198. The normalized spacial score (nSPS) is 33.1. The summed E-state index contributed by atoms with van der Waals surface area (Å²) >= 11 is 0. The van der Waals surface area contributed by atoms with Gasteiger partial charge >= 0.3 is 6.09 Å². The minimum atomic E-state index is -0.822. The highest BCUT2D eigenvalue weighted by Gasteiger charge is 2.37. The second kappa shape index (κ2) is 3.74. The van der Waals surface area contributed by atoms with Crippen LogP contribution in [0.2, 0.25) is 0 Å². The van der Waals surface area contributed by atoms with Gasteiger partial charge in [0.15, 0.2) is 0 Å². The molecule has 0 unspecified atom stereocenters. The largest absolute Gasteiger partial charge is 0.465 e. The van der Waals surface area contributed by atoms with Crippen molar-refractivity contribution < 1.29 is 15.0 Å². The van der Waals surface area contributed by atoms with E-state index in [2.05, 4.69) is 4.90 Å². The van der Waals surface area contributed by atoms with Gasteiger partial charge in [0.25, 0.3) is 0 Å². The summed E-state index contributed by atoms with van der Waals surface area (Å²) in [6, 6.07) is 0.591. The van der Waals surface area contributed by atoms with Crippen molar-refractivity contribution in [2.24, 2.45) is 0 Å². The number of carboxylic acid groups (broad SMARTS) is 1. The molecule has 5 nitrogen and oxygen atoms in total. The first kappa shape index (κ1) is 9.73. The van der Waals surface area contributed by atoms with Crippen LogP contribution in [0.5, 0.6) is 0 Å². The van der Waals surface area contributed by atoms with Gasteiger partial charge in [-0.05, 0) is 12.8 Å². The Balaban J connectivity index is 1.97. The molecule has 0 saturated carbocycles. The maximum Gasteiger partial charge on any atom is 0.407 e. The number of hydrogen-bond acceptors (Lipinski definition) is 3. The van der Waals surface area contributed by atoms with Gasteiger partial charge in [0.05, 0.1) is 6.61 Å². The van der Waals surface area contributed by atoms with Crippen LogP contribution < -0.4 is 0 Å². The molecule has 2 heterocycles. The second-order valence-corrected chi connectivity index (χ2v) is 4.03. The maximum atomic E-state index is 10.8. The van der Waals surface area contributed by atoms with Gasteiger partial charge in [0.1, 0.15) is 0 Å². The third kappa shape index (κ3) is 1.57. The summed E-state index contributed by atoms with van der Waals surface area (Å²) in [5, 5.41) is 17.9. The predicted molar refractivity (Wildman–Crippen MR) is 50.2 cm³/mol. The van der Waals surface area contributed by atoms with Crippen molar-refractivity contribution in [2.45, 2.75) is 24.9 Å². The summed E-state index contributed by atoms with van der Waals surface area (Å²) in [6.07, 6.45) is 1.18. The van der Waals surface area contributed by atoms with Crippen LogP contribution in [0.15, 0.2) is 0 Å². The molecule has 0 aliphatic carbocycles. The Labute approximate surface area is 82.9 Å². The van der Waals surface area contributed by atoms with E-state index in [0.29, 0.717) is 19.1 Å². The van der Waals surface area contributed by atoms with Gasteiger partial charge in [-0.2, -0.15) is 0 Å².